The molecule has 2 saturated heterocycles. The zero-order valence-corrected chi connectivity index (χ0v) is 16.4. The lowest BCUT2D eigenvalue weighted by Gasteiger charge is -2.35. The second kappa shape index (κ2) is 8.47. The number of anilines is 2. The molecule has 0 amide bonds. The van der Waals surface area contributed by atoms with Gasteiger partial charge in [-0.1, -0.05) is 25.4 Å². The number of nitrogens with zero attached hydrogens (tertiary/aromatic N) is 3. The van der Waals surface area contributed by atoms with E-state index in [4.69, 9.17) is 28.6 Å². The van der Waals surface area contributed by atoms with Crippen LogP contribution in [0.3, 0.4) is 0 Å². The molecule has 0 aliphatic carbocycles. The molecule has 0 spiro atoms. The van der Waals surface area contributed by atoms with E-state index in [-0.39, 0.29) is 6.10 Å². The number of thiocarbonyl (C=S) groups is 1. The molecule has 138 valence electrons. The maximum atomic E-state index is 6.20. The topological polar surface area (TPSA) is 62.3 Å². The van der Waals surface area contributed by atoms with Crippen molar-refractivity contribution < 1.29 is 4.74 Å². The number of halogens is 1. The number of nitrogens with one attached hydrogen (secondary N) is 2. The van der Waals surface area contributed by atoms with E-state index in [1.54, 1.807) is 0 Å². The summed E-state index contributed by atoms with van der Waals surface area (Å²) < 4.78 is 5.58. The first-order valence-corrected chi connectivity index (χ1v) is 9.74. The largest absolute Gasteiger partial charge is 0.376 e. The molecule has 1 aromatic rings. The number of rotatable bonds is 4. The first kappa shape index (κ1) is 18.6. The molecule has 3 rings (SSSR count). The van der Waals surface area contributed by atoms with E-state index in [0.717, 1.165) is 38.4 Å². The lowest BCUT2D eigenvalue weighted by molar-refractivity contribution is 0.114. The van der Waals surface area contributed by atoms with Crippen LogP contribution in [0.2, 0.25) is 5.15 Å². The van der Waals surface area contributed by atoms with Gasteiger partial charge in [0.05, 0.1) is 6.10 Å². The highest BCUT2D eigenvalue weighted by Crippen LogP contribution is 2.27. The summed E-state index contributed by atoms with van der Waals surface area (Å²) in [5.74, 6) is 2.56. The minimum atomic E-state index is 0.229. The number of piperidine rings is 1. The van der Waals surface area contributed by atoms with Gasteiger partial charge < -0.3 is 20.3 Å². The SMILES string of the molecule is C[C@@H]1C[C@@H](C)CN(c2cc(Cl)nc(NC(=S)NC[C@H]3CCCO3)n2)C1. The first-order valence-electron chi connectivity index (χ1n) is 8.95. The Morgan fingerprint density at radius 3 is 2.80 bits per heavy atom. The van der Waals surface area contributed by atoms with Gasteiger partial charge >= 0.3 is 0 Å². The molecule has 0 unspecified atom stereocenters. The average molecular weight is 384 g/mol. The molecule has 3 atom stereocenters. The minimum Gasteiger partial charge on any atom is -0.376 e. The standard InChI is InChI=1S/C17H26ClN5OS/c1-11-6-12(2)10-23(9-11)15-7-14(18)20-16(21-15)22-17(25)19-8-13-4-3-5-24-13/h7,11-13H,3-6,8-10H2,1-2H3,(H2,19,20,21,22,25)/t11-,12-,13-/m1/s1. The molecule has 0 aromatic carbocycles. The Kier molecular flexibility index (Phi) is 6.30. The molecule has 2 aliphatic heterocycles. The highest BCUT2D eigenvalue weighted by atomic mass is 35.5. The maximum Gasteiger partial charge on any atom is 0.232 e. The second-order valence-electron chi connectivity index (χ2n) is 7.19. The predicted octanol–water partition coefficient (Wildman–Crippen LogP) is 3.08. The van der Waals surface area contributed by atoms with Gasteiger partial charge in [-0.2, -0.15) is 4.98 Å². The zero-order valence-electron chi connectivity index (χ0n) is 14.8. The number of aromatic nitrogens is 2. The molecule has 3 heterocycles. The highest BCUT2D eigenvalue weighted by Gasteiger charge is 2.23. The van der Waals surface area contributed by atoms with Crippen LogP contribution >= 0.6 is 23.8 Å². The summed E-state index contributed by atoms with van der Waals surface area (Å²) in [6.07, 6.45) is 3.66. The molecule has 2 aliphatic rings. The van der Waals surface area contributed by atoms with E-state index in [1.807, 2.05) is 6.07 Å². The molecular weight excluding hydrogens is 358 g/mol. The fourth-order valence-electron chi connectivity index (χ4n) is 3.63. The molecule has 0 bridgehead atoms. The smallest absolute Gasteiger partial charge is 0.232 e. The molecular formula is C17H26ClN5OS. The number of hydrogen-bond acceptors (Lipinski definition) is 5. The number of hydrogen-bond donors (Lipinski definition) is 2. The summed E-state index contributed by atoms with van der Waals surface area (Å²) in [6.45, 7) is 8.04. The van der Waals surface area contributed by atoms with Gasteiger partial charge in [-0.3, -0.25) is 0 Å². The minimum absolute atomic E-state index is 0.229. The molecule has 0 saturated carbocycles. The third-order valence-electron chi connectivity index (χ3n) is 4.61. The molecule has 2 N–H and O–H groups in total. The second-order valence-corrected chi connectivity index (χ2v) is 7.99. The monoisotopic (exact) mass is 383 g/mol. The molecule has 6 nitrogen and oxygen atoms in total. The van der Waals surface area contributed by atoms with Crippen molar-refractivity contribution in [1.29, 1.82) is 0 Å². The van der Waals surface area contributed by atoms with Crippen molar-refractivity contribution in [3.05, 3.63) is 11.2 Å². The van der Waals surface area contributed by atoms with Gasteiger partial charge in [0.2, 0.25) is 5.95 Å². The third kappa shape index (κ3) is 5.39. The fraction of sp³-hybridized carbons (Fsp3) is 0.706. The van der Waals surface area contributed by atoms with Crippen LogP contribution in [0.5, 0.6) is 0 Å². The van der Waals surface area contributed by atoms with Crippen LogP contribution in [0.15, 0.2) is 6.07 Å². The van der Waals surface area contributed by atoms with E-state index < -0.39 is 0 Å². The summed E-state index contributed by atoms with van der Waals surface area (Å²) in [5.41, 5.74) is 0. The summed E-state index contributed by atoms with van der Waals surface area (Å²) >= 11 is 11.5. The molecule has 8 heteroatoms. The maximum absolute atomic E-state index is 6.20. The van der Waals surface area contributed by atoms with Crippen molar-refractivity contribution in [3.8, 4) is 0 Å². The van der Waals surface area contributed by atoms with Crippen LogP contribution in [0, 0.1) is 11.8 Å². The van der Waals surface area contributed by atoms with E-state index in [2.05, 4.69) is 39.3 Å². The van der Waals surface area contributed by atoms with E-state index >= 15 is 0 Å². The van der Waals surface area contributed by atoms with Gasteiger partial charge in [0.25, 0.3) is 0 Å². The zero-order chi connectivity index (χ0) is 17.8. The summed E-state index contributed by atoms with van der Waals surface area (Å²) in [6, 6.07) is 1.82. The van der Waals surface area contributed by atoms with Crippen molar-refractivity contribution in [1.82, 2.24) is 15.3 Å². The molecule has 2 fully saturated rings. The van der Waals surface area contributed by atoms with Crippen molar-refractivity contribution >= 4 is 40.7 Å². The Labute approximate surface area is 159 Å². The van der Waals surface area contributed by atoms with Gasteiger partial charge in [-0.15, -0.1) is 0 Å². The molecule has 25 heavy (non-hydrogen) atoms. The Morgan fingerprint density at radius 2 is 2.12 bits per heavy atom. The Balaban J connectivity index is 1.61. The van der Waals surface area contributed by atoms with E-state index in [9.17, 15) is 0 Å². The van der Waals surface area contributed by atoms with Gasteiger partial charge in [0, 0.05) is 32.3 Å². The van der Waals surface area contributed by atoms with Crippen molar-refractivity contribution in [2.45, 2.75) is 39.2 Å². The van der Waals surface area contributed by atoms with Gasteiger partial charge in [-0.05, 0) is 43.3 Å². The van der Waals surface area contributed by atoms with Gasteiger partial charge in [0.1, 0.15) is 11.0 Å². The normalized spacial score (nSPS) is 26.5. The van der Waals surface area contributed by atoms with Gasteiger partial charge in [-0.25, -0.2) is 4.98 Å². The van der Waals surface area contributed by atoms with Crippen LogP contribution in [-0.2, 0) is 4.74 Å². The van der Waals surface area contributed by atoms with Crippen LogP contribution in [0.4, 0.5) is 11.8 Å². The van der Waals surface area contributed by atoms with Crippen LogP contribution < -0.4 is 15.5 Å². The van der Waals surface area contributed by atoms with E-state index in [0.29, 0.717) is 34.6 Å². The molecule has 1 aromatic heterocycles. The molecule has 0 radical (unpaired) electrons. The van der Waals surface area contributed by atoms with Crippen molar-refractivity contribution in [2.24, 2.45) is 11.8 Å². The van der Waals surface area contributed by atoms with Crippen LogP contribution in [0.1, 0.15) is 33.1 Å². The Hall–Kier alpha value is -1.18. The number of ether oxygens (including phenoxy) is 1. The van der Waals surface area contributed by atoms with Crippen LogP contribution in [0.25, 0.3) is 0 Å². The average Bonchev–Trinajstić information content (AvgIpc) is 3.05. The first-order chi connectivity index (χ1) is 12.0. The Bertz CT molecular complexity index is 601. The Morgan fingerprint density at radius 1 is 1.36 bits per heavy atom. The lowest BCUT2D eigenvalue weighted by atomic mass is 9.92. The highest BCUT2D eigenvalue weighted by molar-refractivity contribution is 7.80. The summed E-state index contributed by atoms with van der Waals surface area (Å²) in [4.78, 5) is 11.1. The van der Waals surface area contributed by atoms with Crippen molar-refractivity contribution in [2.75, 3.05) is 36.5 Å². The third-order valence-corrected chi connectivity index (χ3v) is 5.05. The van der Waals surface area contributed by atoms with Gasteiger partial charge in [0.15, 0.2) is 5.11 Å². The van der Waals surface area contributed by atoms with Crippen molar-refractivity contribution in [3.63, 3.8) is 0 Å². The summed E-state index contributed by atoms with van der Waals surface area (Å²) in [5, 5.41) is 7.11. The summed E-state index contributed by atoms with van der Waals surface area (Å²) in [7, 11) is 0. The quantitative estimate of drug-likeness (QED) is 0.611. The fourth-order valence-corrected chi connectivity index (χ4v) is 3.98. The van der Waals surface area contributed by atoms with Crippen LogP contribution in [-0.4, -0.2) is 47.4 Å². The van der Waals surface area contributed by atoms with E-state index in [1.165, 1.54) is 6.42 Å². The lowest BCUT2D eigenvalue weighted by Crippen LogP contribution is -2.39. The predicted molar refractivity (Wildman–Crippen MR) is 105 cm³/mol.